The summed E-state index contributed by atoms with van der Waals surface area (Å²) in [7, 11) is 3.77. The van der Waals surface area contributed by atoms with Crippen molar-refractivity contribution in [2.24, 2.45) is 5.92 Å². The number of halogens is 4. The normalized spacial score (nSPS) is 13.8. The van der Waals surface area contributed by atoms with E-state index >= 15 is 0 Å². The predicted octanol–water partition coefficient (Wildman–Crippen LogP) is 7.60. The molecule has 1 aromatic heterocycles. The lowest BCUT2D eigenvalue weighted by Gasteiger charge is -2.22. The van der Waals surface area contributed by atoms with Crippen molar-refractivity contribution < 1.29 is 42.3 Å². The van der Waals surface area contributed by atoms with E-state index in [0.29, 0.717) is 51.5 Å². The van der Waals surface area contributed by atoms with Crippen LogP contribution in [0.25, 0.3) is 0 Å². The molecule has 2 N–H and O–H groups in total. The molecule has 0 bridgehead atoms. The first-order valence-electron chi connectivity index (χ1n) is 16.1. The number of nitrogens with one attached hydrogen (secondary N) is 2. The number of ether oxygens (including phenoxy) is 4. The summed E-state index contributed by atoms with van der Waals surface area (Å²) in [6.45, 7) is -1.95. The molecule has 0 saturated heterocycles. The number of aromatic amines is 1. The molecule has 0 radical (unpaired) electrons. The Bertz CT molecular complexity index is 1740. The standard InChI is InChI=1S/C37H37Cl2F2N3O6/c1-44(2)15-16-47-36(46)34(24-7-4-3-5-8-24)43-27-10-6-9-26(17-27)35(45)49-32(19-28-29(38)20-42-21-30(28)39)25-13-14-31(50-37(40)41)33(18-25)48-22-23-11-12-23/h3-10,13-14,17-18,20-21,23,32,34,37,43H,11-12,15-16,19,22H2,1-2H3/p+1/t32-,34?/m0/s1. The lowest BCUT2D eigenvalue weighted by atomic mass is 10.0. The highest BCUT2D eigenvalue weighted by Crippen LogP contribution is 2.38. The fourth-order valence-electron chi connectivity index (χ4n) is 5.04. The van der Waals surface area contributed by atoms with Gasteiger partial charge in [-0.1, -0.05) is 65.7 Å². The van der Waals surface area contributed by atoms with Crippen molar-refractivity contribution in [3.63, 3.8) is 0 Å². The van der Waals surface area contributed by atoms with E-state index in [0.717, 1.165) is 12.8 Å². The molecule has 3 aromatic carbocycles. The summed E-state index contributed by atoms with van der Waals surface area (Å²) in [6, 6.07) is 19.2. The topological polar surface area (TPSA) is 100 Å². The van der Waals surface area contributed by atoms with Crippen molar-refractivity contribution in [2.75, 3.05) is 39.2 Å². The van der Waals surface area contributed by atoms with Gasteiger partial charge in [-0.25, -0.2) is 14.6 Å². The van der Waals surface area contributed by atoms with Crippen molar-refractivity contribution in [1.29, 1.82) is 0 Å². The van der Waals surface area contributed by atoms with Crippen molar-refractivity contribution in [2.45, 2.75) is 38.0 Å². The summed E-state index contributed by atoms with van der Waals surface area (Å²) < 4.78 is 48.7. The number of anilines is 1. The highest BCUT2D eigenvalue weighted by molar-refractivity contribution is 6.35. The Morgan fingerprint density at radius 2 is 1.68 bits per heavy atom. The number of alkyl halides is 2. The van der Waals surface area contributed by atoms with E-state index in [1.807, 2.05) is 49.3 Å². The highest BCUT2D eigenvalue weighted by atomic mass is 35.5. The number of likely N-dealkylation sites (N-methyl/N-ethyl adjacent to an activating group) is 1. The van der Waals surface area contributed by atoms with Gasteiger partial charge in [-0.15, -0.1) is 0 Å². The van der Waals surface area contributed by atoms with Crippen LogP contribution in [0.3, 0.4) is 0 Å². The quantitative estimate of drug-likeness (QED) is 0.111. The number of carbonyl (C=O) groups excluding carboxylic acids is 2. The maximum absolute atomic E-state index is 13.8. The van der Waals surface area contributed by atoms with Crippen LogP contribution in [-0.2, 0) is 20.7 Å². The van der Waals surface area contributed by atoms with E-state index in [9.17, 15) is 18.4 Å². The van der Waals surface area contributed by atoms with Gasteiger partial charge in [-0.05, 0) is 74.3 Å². The van der Waals surface area contributed by atoms with Gasteiger partial charge in [0.1, 0.15) is 22.8 Å². The summed E-state index contributed by atoms with van der Waals surface area (Å²) in [4.78, 5) is 31.7. The average Bonchev–Trinajstić information content (AvgIpc) is 3.93. The SMILES string of the molecule is CN(C)CCOC(=O)C(Nc1cccc(C(=O)O[C@@H](Cc2c(Cl)c[nH+]cc2Cl)c2ccc(OC(F)F)c(OCC3CC3)c2)c1)c1ccccc1. The molecule has 1 aliphatic rings. The summed E-state index contributed by atoms with van der Waals surface area (Å²) in [5.41, 5.74) is 2.30. The Morgan fingerprint density at radius 3 is 2.36 bits per heavy atom. The van der Waals surface area contributed by atoms with E-state index in [4.69, 9.17) is 42.1 Å². The van der Waals surface area contributed by atoms with Crippen LogP contribution >= 0.6 is 23.2 Å². The molecule has 264 valence electrons. The van der Waals surface area contributed by atoms with Crippen molar-refractivity contribution in [3.8, 4) is 11.5 Å². The second kappa shape index (κ2) is 17.5. The molecular weight excluding hydrogens is 691 g/mol. The van der Waals surface area contributed by atoms with Gasteiger partial charge >= 0.3 is 18.6 Å². The Hall–Kier alpha value is -4.45. The largest absolute Gasteiger partial charge is 0.489 e. The van der Waals surface area contributed by atoms with Crippen molar-refractivity contribution in [3.05, 3.63) is 117 Å². The molecule has 1 heterocycles. The van der Waals surface area contributed by atoms with E-state index in [2.05, 4.69) is 10.3 Å². The number of aromatic nitrogens is 1. The predicted molar refractivity (Wildman–Crippen MR) is 185 cm³/mol. The molecule has 1 saturated carbocycles. The number of esters is 2. The molecule has 0 spiro atoms. The van der Waals surface area contributed by atoms with E-state index in [1.165, 1.54) is 18.2 Å². The zero-order valence-electron chi connectivity index (χ0n) is 27.5. The fourth-order valence-corrected chi connectivity index (χ4v) is 5.58. The minimum absolute atomic E-state index is 0.0576. The molecule has 1 aliphatic carbocycles. The third kappa shape index (κ3) is 10.5. The smallest absolute Gasteiger partial charge is 0.387 e. The van der Waals surface area contributed by atoms with Crippen molar-refractivity contribution in [1.82, 2.24) is 4.90 Å². The van der Waals surface area contributed by atoms with Gasteiger partial charge in [0.25, 0.3) is 0 Å². The summed E-state index contributed by atoms with van der Waals surface area (Å²) in [6.07, 6.45) is 4.17. The van der Waals surface area contributed by atoms with E-state index in [1.54, 1.807) is 36.7 Å². The van der Waals surface area contributed by atoms with Crippen LogP contribution in [0.2, 0.25) is 10.0 Å². The number of carbonyl (C=O) groups is 2. The second-order valence-electron chi connectivity index (χ2n) is 12.1. The van der Waals surface area contributed by atoms with Gasteiger partial charge in [0.05, 0.1) is 12.2 Å². The number of rotatable bonds is 17. The lowest BCUT2D eigenvalue weighted by molar-refractivity contribution is -0.377. The molecule has 9 nitrogen and oxygen atoms in total. The van der Waals surface area contributed by atoms with Crippen LogP contribution in [0.1, 0.15) is 52.0 Å². The first-order chi connectivity index (χ1) is 24.1. The van der Waals surface area contributed by atoms with Crippen LogP contribution in [0.5, 0.6) is 11.5 Å². The molecule has 4 aromatic rings. The maximum atomic E-state index is 13.8. The summed E-state index contributed by atoms with van der Waals surface area (Å²) >= 11 is 13.0. The monoisotopic (exact) mass is 728 g/mol. The number of nitrogens with zero attached hydrogens (tertiary/aromatic N) is 1. The number of H-pyrrole nitrogens is 1. The third-order valence-corrected chi connectivity index (χ3v) is 8.60. The minimum Gasteiger partial charge on any atom is -0.489 e. The van der Waals surface area contributed by atoms with Gasteiger partial charge in [0.15, 0.2) is 29.9 Å². The molecule has 1 unspecified atom stereocenters. The minimum atomic E-state index is -3.06. The van der Waals surface area contributed by atoms with Crippen LogP contribution in [0.4, 0.5) is 14.5 Å². The average molecular weight is 730 g/mol. The zero-order chi connectivity index (χ0) is 35.6. The van der Waals surface area contributed by atoms with Crippen LogP contribution in [0.15, 0.2) is 85.2 Å². The first kappa shape index (κ1) is 36.8. The Kier molecular flexibility index (Phi) is 12.9. The third-order valence-electron chi connectivity index (χ3n) is 7.92. The number of hydrogen-bond donors (Lipinski definition) is 1. The molecule has 13 heteroatoms. The van der Waals surface area contributed by atoms with Gasteiger partial charge in [0.2, 0.25) is 0 Å². The highest BCUT2D eigenvalue weighted by Gasteiger charge is 2.27. The molecule has 5 rings (SSSR count). The van der Waals surface area contributed by atoms with E-state index in [-0.39, 0.29) is 30.1 Å². The van der Waals surface area contributed by atoms with Crippen LogP contribution in [-0.4, -0.2) is 57.3 Å². The molecular formula is C37H38Cl2F2N3O6+. The van der Waals surface area contributed by atoms with Crippen LogP contribution in [0, 0.1) is 5.92 Å². The molecule has 0 amide bonds. The molecule has 0 aliphatic heterocycles. The van der Waals surface area contributed by atoms with E-state index < -0.39 is 30.7 Å². The van der Waals surface area contributed by atoms with Gasteiger partial charge in [-0.3, -0.25) is 0 Å². The zero-order valence-corrected chi connectivity index (χ0v) is 29.1. The number of benzene rings is 3. The Balaban J connectivity index is 1.41. The fraction of sp³-hybridized carbons (Fsp3) is 0.324. The van der Waals surface area contributed by atoms with Crippen LogP contribution < -0.4 is 19.8 Å². The number of pyridine rings is 1. The van der Waals surface area contributed by atoms with Gasteiger partial charge in [0, 0.05) is 24.2 Å². The van der Waals surface area contributed by atoms with Gasteiger partial charge in [-0.2, -0.15) is 8.78 Å². The molecule has 1 fully saturated rings. The second-order valence-corrected chi connectivity index (χ2v) is 12.9. The Morgan fingerprint density at radius 1 is 0.940 bits per heavy atom. The number of hydrogen-bond acceptors (Lipinski definition) is 8. The molecule has 2 atom stereocenters. The van der Waals surface area contributed by atoms with Gasteiger partial charge < -0.3 is 29.2 Å². The summed E-state index contributed by atoms with van der Waals surface area (Å²) in [5.74, 6) is -0.852. The summed E-state index contributed by atoms with van der Waals surface area (Å²) in [5, 5.41) is 3.83. The molecule has 50 heavy (non-hydrogen) atoms. The van der Waals surface area contributed by atoms with Crippen molar-refractivity contribution >= 4 is 40.8 Å². The lowest BCUT2D eigenvalue weighted by Crippen LogP contribution is -2.27. The maximum Gasteiger partial charge on any atom is 0.387 e. The Labute approximate surface area is 299 Å². The first-order valence-corrected chi connectivity index (χ1v) is 16.8.